The summed E-state index contributed by atoms with van der Waals surface area (Å²) in [7, 11) is 0. The van der Waals surface area contributed by atoms with E-state index in [4.69, 9.17) is 5.73 Å². The minimum Gasteiger partial charge on any atom is -0.340 e. The van der Waals surface area contributed by atoms with Gasteiger partial charge in [0, 0.05) is 37.6 Å². The largest absolute Gasteiger partial charge is 0.340 e. The molecule has 1 saturated heterocycles. The highest BCUT2D eigenvalue weighted by Gasteiger charge is 2.34. The molecule has 4 atom stereocenters. The smallest absolute Gasteiger partial charge is 0.225 e. The van der Waals surface area contributed by atoms with Gasteiger partial charge in [-0.15, -0.1) is 0 Å². The maximum absolute atomic E-state index is 12.6. The van der Waals surface area contributed by atoms with Gasteiger partial charge in [0.15, 0.2) is 0 Å². The first-order valence-electron chi connectivity index (χ1n) is 7.79. The minimum absolute atomic E-state index is 0.166. The summed E-state index contributed by atoms with van der Waals surface area (Å²) in [6.45, 7) is 10.5. The van der Waals surface area contributed by atoms with Crippen LogP contribution in [0.4, 0.5) is 0 Å². The first kappa shape index (κ1) is 14.8. The summed E-state index contributed by atoms with van der Waals surface area (Å²) in [5, 5.41) is 0. The predicted molar refractivity (Wildman–Crippen MR) is 77.8 cm³/mol. The molecule has 0 aromatic heterocycles. The quantitative estimate of drug-likeness (QED) is 0.820. The number of hydrogen-bond donors (Lipinski definition) is 1. The number of amides is 1. The Labute approximate surface area is 117 Å². The lowest BCUT2D eigenvalue weighted by molar-refractivity contribution is -0.140. The Bertz CT molecular complexity index is 311. The van der Waals surface area contributed by atoms with Gasteiger partial charge in [0.25, 0.3) is 0 Å². The summed E-state index contributed by atoms with van der Waals surface area (Å²) in [6.07, 6.45) is 2.98. The number of nitrogens with zero attached hydrogens (tertiary/aromatic N) is 2. The molecule has 0 aromatic rings. The zero-order chi connectivity index (χ0) is 14.0. The fourth-order valence-corrected chi connectivity index (χ4v) is 3.78. The topological polar surface area (TPSA) is 49.6 Å². The third-order valence-electron chi connectivity index (χ3n) is 4.81. The van der Waals surface area contributed by atoms with Gasteiger partial charge in [0.1, 0.15) is 0 Å². The monoisotopic (exact) mass is 267 g/mol. The Morgan fingerprint density at radius 1 is 1.21 bits per heavy atom. The number of rotatable bonds is 2. The molecule has 0 aromatic carbocycles. The molecule has 1 heterocycles. The molecule has 0 radical (unpaired) electrons. The van der Waals surface area contributed by atoms with Crippen LogP contribution in [0.25, 0.3) is 0 Å². The molecule has 2 aliphatic rings. The van der Waals surface area contributed by atoms with Crippen LogP contribution in [0.5, 0.6) is 0 Å². The van der Waals surface area contributed by atoms with E-state index in [1.54, 1.807) is 0 Å². The SMILES string of the molecule is CCN1CCN(C(=O)C2CC(C)CC(N)C2)CC1C. The number of nitrogens with two attached hydrogens (primary N) is 1. The first-order chi connectivity index (χ1) is 9.01. The summed E-state index contributed by atoms with van der Waals surface area (Å²) in [6, 6.07) is 0.699. The molecule has 4 heteroatoms. The van der Waals surface area contributed by atoms with Crippen molar-refractivity contribution < 1.29 is 4.79 Å². The Balaban J connectivity index is 1.93. The van der Waals surface area contributed by atoms with E-state index in [0.29, 0.717) is 17.9 Å². The molecule has 1 amide bonds. The van der Waals surface area contributed by atoms with Crippen molar-refractivity contribution >= 4 is 5.91 Å². The van der Waals surface area contributed by atoms with E-state index in [1.165, 1.54) is 0 Å². The van der Waals surface area contributed by atoms with Crippen molar-refractivity contribution in [2.75, 3.05) is 26.2 Å². The average molecular weight is 267 g/mol. The molecule has 110 valence electrons. The number of piperazine rings is 1. The number of carbonyl (C=O) groups excluding carboxylic acids is 1. The van der Waals surface area contributed by atoms with Gasteiger partial charge >= 0.3 is 0 Å². The third-order valence-corrected chi connectivity index (χ3v) is 4.81. The van der Waals surface area contributed by atoms with E-state index in [1.807, 2.05) is 0 Å². The van der Waals surface area contributed by atoms with Gasteiger partial charge in [-0.2, -0.15) is 0 Å². The summed E-state index contributed by atoms with van der Waals surface area (Å²) < 4.78 is 0. The van der Waals surface area contributed by atoms with Crippen LogP contribution in [0.15, 0.2) is 0 Å². The summed E-state index contributed by atoms with van der Waals surface area (Å²) in [5.74, 6) is 1.11. The summed E-state index contributed by atoms with van der Waals surface area (Å²) in [4.78, 5) is 17.2. The van der Waals surface area contributed by atoms with E-state index in [9.17, 15) is 4.79 Å². The number of hydrogen-bond acceptors (Lipinski definition) is 3. The van der Waals surface area contributed by atoms with Crippen molar-refractivity contribution in [1.29, 1.82) is 0 Å². The molecular formula is C15H29N3O. The maximum Gasteiger partial charge on any atom is 0.225 e. The van der Waals surface area contributed by atoms with Crippen molar-refractivity contribution in [2.24, 2.45) is 17.6 Å². The lowest BCUT2D eigenvalue weighted by Gasteiger charge is -2.42. The van der Waals surface area contributed by atoms with E-state index in [-0.39, 0.29) is 12.0 Å². The third kappa shape index (κ3) is 3.48. The Kier molecular flexibility index (Phi) is 4.85. The van der Waals surface area contributed by atoms with Gasteiger partial charge in [-0.05, 0) is 38.6 Å². The predicted octanol–water partition coefficient (Wildman–Crippen LogP) is 1.30. The lowest BCUT2D eigenvalue weighted by atomic mass is 9.79. The second kappa shape index (κ2) is 6.23. The molecule has 4 unspecified atom stereocenters. The number of carbonyl (C=O) groups is 1. The van der Waals surface area contributed by atoms with Gasteiger partial charge in [0.05, 0.1) is 0 Å². The summed E-state index contributed by atoms with van der Waals surface area (Å²) in [5.41, 5.74) is 6.07. The summed E-state index contributed by atoms with van der Waals surface area (Å²) >= 11 is 0. The molecule has 0 spiro atoms. The molecule has 1 aliphatic heterocycles. The van der Waals surface area contributed by atoms with Crippen LogP contribution in [0.1, 0.15) is 40.0 Å². The molecular weight excluding hydrogens is 238 g/mol. The normalized spacial score (nSPS) is 37.4. The van der Waals surface area contributed by atoms with Crippen molar-refractivity contribution in [3.63, 3.8) is 0 Å². The minimum atomic E-state index is 0.166. The van der Waals surface area contributed by atoms with Crippen LogP contribution in [-0.4, -0.2) is 54.0 Å². The molecule has 4 nitrogen and oxygen atoms in total. The second-order valence-corrected chi connectivity index (χ2v) is 6.53. The van der Waals surface area contributed by atoms with Crippen LogP contribution in [0.2, 0.25) is 0 Å². The Morgan fingerprint density at radius 3 is 2.53 bits per heavy atom. The van der Waals surface area contributed by atoms with Crippen molar-refractivity contribution in [1.82, 2.24) is 9.80 Å². The Morgan fingerprint density at radius 2 is 1.95 bits per heavy atom. The van der Waals surface area contributed by atoms with E-state index in [2.05, 4.69) is 30.6 Å². The van der Waals surface area contributed by atoms with Crippen LogP contribution >= 0.6 is 0 Å². The van der Waals surface area contributed by atoms with E-state index in [0.717, 1.165) is 45.4 Å². The average Bonchev–Trinajstić information content (AvgIpc) is 2.36. The zero-order valence-electron chi connectivity index (χ0n) is 12.6. The van der Waals surface area contributed by atoms with Crippen molar-refractivity contribution in [3.8, 4) is 0 Å². The van der Waals surface area contributed by atoms with Gasteiger partial charge < -0.3 is 10.6 Å². The van der Waals surface area contributed by atoms with Crippen molar-refractivity contribution in [3.05, 3.63) is 0 Å². The van der Waals surface area contributed by atoms with Crippen LogP contribution in [0.3, 0.4) is 0 Å². The highest BCUT2D eigenvalue weighted by molar-refractivity contribution is 5.79. The molecule has 2 rings (SSSR count). The maximum atomic E-state index is 12.6. The van der Waals surface area contributed by atoms with Crippen LogP contribution < -0.4 is 5.73 Å². The van der Waals surface area contributed by atoms with Crippen LogP contribution in [0, 0.1) is 11.8 Å². The second-order valence-electron chi connectivity index (χ2n) is 6.53. The molecule has 19 heavy (non-hydrogen) atoms. The van der Waals surface area contributed by atoms with Crippen LogP contribution in [-0.2, 0) is 4.79 Å². The molecule has 0 bridgehead atoms. The van der Waals surface area contributed by atoms with Gasteiger partial charge in [-0.1, -0.05) is 13.8 Å². The van der Waals surface area contributed by atoms with E-state index < -0.39 is 0 Å². The fraction of sp³-hybridized carbons (Fsp3) is 0.933. The van der Waals surface area contributed by atoms with Crippen molar-refractivity contribution in [2.45, 2.75) is 52.1 Å². The zero-order valence-corrected chi connectivity index (χ0v) is 12.6. The lowest BCUT2D eigenvalue weighted by Crippen LogP contribution is -2.55. The number of likely N-dealkylation sites (N-methyl/N-ethyl adjacent to an activating group) is 1. The first-order valence-corrected chi connectivity index (χ1v) is 7.79. The van der Waals surface area contributed by atoms with Gasteiger partial charge in [-0.3, -0.25) is 9.69 Å². The molecule has 1 aliphatic carbocycles. The molecule has 2 fully saturated rings. The fourth-order valence-electron chi connectivity index (χ4n) is 3.78. The van der Waals surface area contributed by atoms with Gasteiger partial charge in [-0.25, -0.2) is 0 Å². The van der Waals surface area contributed by atoms with Gasteiger partial charge in [0.2, 0.25) is 5.91 Å². The molecule has 2 N–H and O–H groups in total. The Hall–Kier alpha value is -0.610. The standard InChI is InChI=1S/C15H29N3O/c1-4-17-5-6-18(10-12(17)3)15(19)13-7-11(2)8-14(16)9-13/h11-14H,4-10,16H2,1-3H3. The highest BCUT2D eigenvalue weighted by atomic mass is 16.2. The highest BCUT2D eigenvalue weighted by Crippen LogP contribution is 2.30. The molecule has 1 saturated carbocycles. The van der Waals surface area contributed by atoms with E-state index >= 15 is 0 Å².